The first kappa shape index (κ1) is 27.5. The first-order valence-corrected chi connectivity index (χ1v) is 13.2. The summed E-state index contributed by atoms with van der Waals surface area (Å²) in [6, 6.07) is 25.1. The van der Waals surface area contributed by atoms with Crippen molar-refractivity contribution in [1.29, 1.82) is 0 Å². The fourth-order valence-corrected chi connectivity index (χ4v) is 4.08. The van der Waals surface area contributed by atoms with Gasteiger partial charge < -0.3 is 20.5 Å². The number of carbonyl (C=O) groups excluding carboxylic acids is 1. The summed E-state index contributed by atoms with van der Waals surface area (Å²) < 4.78 is 11.2. The molecule has 7 nitrogen and oxygen atoms in total. The van der Waals surface area contributed by atoms with Crippen molar-refractivity contribution in [1.82, 2.24) is 9.97 Å². The third-order valence-corrected chi connectivity index (χ3v) is 6.16. The smallest absolute Gasteiger partial charge is 0.338 e. The Balaban J connectivity index is 1.32. The number of ether oxygens (including phenoxy) is 2. The van der Waals surface area contributed by atoms with Crippen molar-refractivity contribution in [2.24, 2.45) is 0 Å². The van der Waals surface area contributed by atoms with E-state index in [1.165, 1.54) is 5.56 Å². The van der Waals surface area contributed by atoms with Crippen LogP contribution in [0.3, 0.4) is 0 Å². The van der Waals surface area contributed by atoms with Crippen LogP contribution in [0.1, 0.15) is 33.6 Å². The molecule has 4 N–H and O–H groups in total. The lowest BCUT2D eigenvalue weighted by molar-refractivity contribution is -0.366. The minimum atomic E-state index is -0.365. The Labute approximate surface area is 229 Å². The predicted octanol–water partition coefficient (Wildman–Crippen LogP) is 5.33. The SMILES string of the molecule is C=CCc1c(C)nc(-c2ccccc2)nc1Nc1ccc(C(=O)OCCCOc2ccc(CC[NH3+])cc2)cc1. The Morgan fingerprint density at radius 1 is 0.974 bits per heavy atom. The number of hydrogen-bond donors (Lipinski definition) is 2. The van der Waals surface area contributed by atoms with Gasteiger partial charge in [0, 0.05) is 35.3 Å². The zero-order chi connectivity index (χ0) is 27.5. The highest BCUT2D eigenvalue weighted by Gasteiger charge is 2.13. The van der Waals surface area contributed by atoms with Crippen LogP contribution in [-0.2, 0) is 17.6 Å². The minimum Gasteiger partial charge on any atom is -0.493 e. The average molecular weight is 524 g/mol. The number of esters is 1. The van der Waals surface area contributed by atoms with Crippen molar-refractivity contribution in [2.75, 3.05) is 25.1 Å². The number of rotatable bonds is 13. The van der Waals surface area contributed by atoms with E-state index in [0.29, 0.717) is 36.7 Å². The minimum absolute atomic E-state index is 0.284. The van der Waals surface area contributed by atoms with Crippen LogP contribution in [0.2, 0.25) is 0 Å². The van der Waals surface area contributed by atoms with Gasteiger partial charge in [0.05, 0.1) is 25.3 Å². The van der Waals surface area contributed by atoms with Crippen LogP contribution in [-0.4, -0.2) is 35.7 Å². The summed E-state index contributed by atoms with van der Waals surface area (Å²) in [5.41, 5.74) is 9.22. The highest BCUT2D eigenvalue weighted by molar-refractivity contribution is 5.90. The van der Waals surface area contributed by atoms with Gasteiger partial charge in [0.1, 0.15) is 11.6 Å². The maximum atomic E-state index is 12.5. The van der Waals surface area contributed by atoms with Crippen LogP contribution in [0.4, 0.5) is 11.5 Å². The van der Waals surface area contributed by atoms with Crippen LogP contribution >= 0.6 is 0 Å². The van der Waals surface area contributed by atoms with Gasteiger partial charge in [-0.25, -0.2) is 14.8 Å². The molecule has 0 atom stereocenters. The molecule has 0 saturated carbocycles. The first-order chi connectivity index (χ1) is 19.1. The highest BCUT2D eigenvalue weighted by atomic mass is 16.5. The quantitative estimate of drug-likeness (QED) is 0.139. The lowest BCUT2D eigenvalue weighted by Crippen LogP contribution is -2.51. The standard InChI is InChI=1S/C32H34N4O3/c1-3-8-29-23(2)34-30(25-9-5-4-6-10-25)36-31(29)35-27-15-13-26(14-16-27)32(37)39-22-7-21-38-28-17-11-24(12-18-28)19-20-33/h3-6,9-18H,1,7-8,19-22,33H2,2H3,(H,34,35,36)/p+1. The second kappa shape index (κ2) is 13.9. The normalized spacial score (nSPS) is 10.6. The summed E-state index contributed by atoms with van der Waals surface area (Å²) >= 11 is 0. The van der Waals surface area contributed by atoms with Crippen molar-refractivity contribution in [3.05, 3.63) is 114 Å². The van der Waals surface area contributed by atoms with Gasteiger partial charge in [0.2, 0.25) is 0 Å². The van der Waals surface area contributed by atoms with E-state index in [1.807, 2.05) is 79.7 Å². The number of hydrogen-bond acceptors (Lipinski definition) is 6. The molecule has 0 amide bonds. The van der Waals surface area contributed by atoms with Gasteiger partial charge in [-0.05, 0) is 55.3 Å². The number of benzene rings is 3. The van der Waals surface area contributed by atoms with E-state index in [1.54, 1.807) is 12.1 Å². The topological polar surface area (TPSA) is 101 Å². The van der Waals surface area contributed by atoms with Gasteiger partial charge in [-0.1, -0.05) is 48.5 Å². The zero-order valence-corrected chi connectivity index (χ0v) is 22.4. The monoisotopic (exact) mass is 523 g/mol. The number of carbonyl (C=O) groups is 1. The second-order valence-corrected chi connectivity index (χ2v) is 9.11. The van der Waals surface area contributed by atoms with Crippen LogP contribution in [0.25, 0.3) is 11.4 Å². The summed E-state index contributed by atoms with van der Waals surface area (Å²) in [7, 11) is 0. The molecule has 0 fully saturated rings. The molecule has 0 spiro atoms. The Morgan fingerprint density at radius 3 is 2.41 bits per heavy atom. The number of aryl methyl sites for hydroxylation is 1. The van der Waals surface area contributed by atoms with Gasteiger partial charge in [0.25, 0.3) is 0 Å². The number of nitrogens with one attached hydrogen (secondary N) is 1. The van der Waals surface area contributed by atoms with E-state index in [2.05, 4.69) is 17.6 Å². The van der Waals surface area contributed by atoms with E-state index >= 15 is 0 Å². The fourth-order valence-electron chi connectivity index (χ4n) is 4.08. The van der Waals surface area contributed by atoms with Crippen molar-refractivity contribution in [3.63, 3.8) is 0 Å². The van der Waals surface area contributed by atoms with E-state index in [4.69, 9.17) is 19.4 Å². The average Bonchev–Trinajstić information content (AvgIpc) is 2.96. The van der Waals surface area contributed by atoms with E-state index < -0.39 is 0 Å². The number of aromatic nitrogens is 2. The maximum absolute atomic E-state index is 12.5. The third kappa shape index (κ3) is 7.75. The van der Waals surface area contributed by atoms with Gasteiger partial charge >= 0.3 is 5.97 Å². The fraction of sp³-hybridized carbons (Fsp3) is 0.219. The molecule has 0 aliphatic heterocycles. The molecule has 7 heteroatoms. The second-order valence-electron chi connectivity index (χ2n) is 9.11. The highest BCUT2D eigenvalue weighted by Crippen LogP contribution is 2.26. The van der Waals surface area contributed by atoms with Crippen molar-refractivity contribution in [3.8, 4) is 17.1 Å². The van der Waals surface area contributed by atoms with Gasteiger partial charge in [-0.15, -0.1) is 6.58 Å². The molecule has 1 aromatic heterocycles. The summed E-state index contributed by atoms with van der Waals surface area (Å²) in [5, 5.41) is 3.39. The molecule has 0 bridgehead atoms. The molecule has 200 valence electrons. The molecule has 0 radical (unpaired) electrons. The van der Waals surface area contributed by atoms with Crippen LogP contribution in [0, 0.1) is 6.92 Å². The van der Waals surface area contributed by atoms with E-state index in [0.717, 1.165) is 41.2 Å². The molecule has 4 rings (SSSR count). The zero-order valence-electron chi connectivity index (χ0n) is 22.4. The van der Waals surface area contributed by atoms with Gasteiger partial charge in [0.15, 0.2) is 5.82 Å². The van der Waals surface area contributed by atoms with Gasteiger partial charge in [-0.2, -0.15) is 0 Å². The lowest BCUT2D eigenvalue weighted by atomic mass is 10.1. The summed E-state index contributed by atoms with van der Waals surface area (Å²) in [6.45, 7) is 7.48. The number of quaternary nitrogens is 1. The van der Waals surface area contributed by atoms with Crippen LogP contribution in [0.5, 0.6) is 5.75 Å². The molecule has 4 aromatic rings. The van der Waals surface area contributed by atoms with Crippen LogP contribution < -0.4 is 15.8 Å². The van der Waals surface area contributed by atoms with Crippen molar-refractivity contribution in [2.45, 2.75) is 26.2 Å². The van der Waals surface area contributed by atoms with Crippen molar-refractivity contribution < 1.29 is 20.0 Å². The van der Waals surface area contributed by atoms with Crippen LogP contribution in [0.15, 0.2) is 91.5 Å². The number of allylic oxidation sites excluding steroid dienone is 1. The Morgan fingerprint density at radius 2 is 1.72 bits per heavy atom. The first-order valence-electron chi connectivity index (χ1n) is 13.2. The predicted molar refractivity (Wildman–Crippen MR) is 154 cm³/mol. The van der Waals surface area contributed by atoms with Gasteiger partial charge in [-0.3, -0.25) is 0 Å². The Kier molecular flexibility index (Phi) is 9.80. The summed E-state index contributed by atoms with van der Waals surface area (Å²) in [4.78, 5) is 22.0. The van der Waals surface area contributed by atoms with Crippen molar-refractivity contribution >= 4 is 17.5 Å². The molecular weight excluding hydrogens is 488 g/mol. The Bertz CT molecular complexity index is 1370. The molecule has 0 unspecified atom stereocenters. The molecule has 0 saturated heterocycles. The Hall–Kier alpha value is -4.49. The lowest BCUT2D eigenvalue weighted by Gasteiger charge is -2.14. The third-order valence-electron chi connectivity index (χ3n) is 6.16. The summed E-state index contributed by atoms with van der Waals surface area (Å²) in [6.07, 6.45) is 4.04. The van der Waals surface area contributed by atoms with E-state index in [-0.39, 0.29) is 12.6 Å². The molecule has 39 heavy (non-hydrogen) atoms. The maximum Gasteiger partial charge on any atom is 0.338 e. The molecule has 0 aliphatic carbocycles. The van der Waals surface area contributed by atoms with E-state index in [9.17, 15) is 4.79 Å². The largest absolute Gasteiger partial charge is 0.493 e. The number of nitrogens with zero attached hydrogens (tertiary/aromatic N) is 2. The molecule has 3 aromatic carbocycles. The number of anilines is 2. The molecular formula is C32H35N4O3+. The molecule has 1 heterocycles. The molecule has 0 aliphatic rings. The summed E-state index contributed by atoms with van der Waals surface area (Å²) in [5.74, 6) is 1.81.